The van der Waals surface area contributed by atoms with Crippen molar-refractivity contribution in [3.05, 3.63) is 40.6 Å². The summed E-state index contributed by atoms with van der Waals surface area (Å²) in [5.41, 5.74) is -1.76. The molecule has 0 aliphatic heterocycles. The topological polar surface area (TPSA) is 12.9 Å². The second kappa shape index (κ2) is 3.80. The van der Waals surface area contributed by atoms with E-state index in [2.05, 4.69) is 4.98 Å². The third-order valence-electron chi connectivity index (χ3n) is 2.07. The maximum Gasteiger partial charge on any atom is 0.433 e. The van der Waals surface area contributed by atoms with Gasteiger partial charge in [0.05, 0.1) is 15.9 Å². The first-order valence-electron chi connectivity index (χ1n) is 4.31. The lowest BCUT2D eigenvalue weighted by Gasteiger charge is -2.08. The van der Waals surface area contributed by atoms with Crippen LogP contribution in [0.5, 0.6) is 0 Å². The van der Waals surface area contributed by atoms with Crippen molar-refractivity contribution < 1.29 is 22.0 Å². The molecule has 0 aliphatic carbocycles. The molecular formula is C10H3ClF5N. The number of hydrogen-bond donors (Lipinski definition) is 0. The first-order valence-corrected chi connectivity index (χ1v) is 4.69. The predicted octanol–water partition coefficient (Wildman–Crippen LogP) is 4.19. The molecule has 0 N–H and O–H groups in total. The minimum atomic E-state index is -4.72. The van der Waals surface area contributed by atoms with Gasteiger partial charge in [0.2, 0.25) is 0 Å². The summed E-state index contributed by atoms with van der Waals surface area (Å²) in [7, 11) is 0. The van der Waals surface area contributed by atoms with Gasteiger partial charge < -0.3 is 0 Å². The smallest absolute Gasteiger partial charge is 0.243 e. The van der Waals surface area contributed by atoms with Gasteiger partial charge in [-0.05, 0) is 6.07 Å². The maximum atomic E-state index is 13.3. The summed E-state index contributed by atoms with van der Waals surface area (Å²) in [6.45, 7) is 0. The lowest BCUT2D eigenvalue weighted by molar-refractivity contribution is -0.140. The highest BCUT2D eigenvalue weighted by Crippen LogP contribution is 2.33. The van der Waals surface area contributed by atoms with E-state index in [1.54, 1.807) is 0 Å². The standard InChI is InChI=1S/C10H3ClF5N/c11-5-3-8(10(14,15)16)17-7-2-4(12)1-6(13)9(5)7/h1-3H. The van der Waals surface area contributed by atoms with Crippen molar-refractivity contribution in [1.82, 2.24) is 4.98 Å². The molecule has 0 unspecified atom stereocenters. The highest BCUT2D eigenvalue weighted by atomic mass is 35.5. The minimum Gasteiger partial charge on any atom is -0.243 e. The van der Waals surface area contributed by atoms with Crippen molar-refractivity contribution in [2.75, 3.05) is 0 Å². The van der Waals surface area contributed by atoms with E-state index in [1.165, 1.54) is 0 Å². The van der Waals surface area contributed by atoms with E-state index in [0.717, 1.165) is 0 Å². The van der Waals surface area contributed by atoms with Crippen LogP contribution < -0.4 is 0 Å². The van der Waals surface area contributed by atoms with Crippen LogP contribution in [0.2, 0.25) is 5.02 Å². The highest BCUT2D eigenvalue weighted by molar-refractivity contribution is 6.35. The molecule has 0 saturated heterocycles. The van der Waals surface area contributed by atoms with Gasteiger partial charge in [-0.1, -0.05) is 11.6 Å². The number of benzene rings is 1. The molecule has 1 heterocycles. The third-order valence-corrected chi connectivity index (χ3v) is 2.37. The Morgan fingerprint density at radius 1 is 1.06 bits per heavy atom. The van der Waals surface area contributed by atoms with E-state index >= 15 is 0 Å². The van der Waals surface area contributed by atoms with E-state index < -0.39 is 34.0 Å². The number of pyridine rings is 1. The Morgan fingerprint density at radius 3 is 2.29 bits per heavy atom. The maximum absolute atomic E-state index is 13.3. The number of aromatic nitrogens is 1. The van der Waals surface area contributed by atoms with Crippen LogP contribution in [-0.4, -0.2) is 4.98 Å². The number of alkyl halides is 3. The Hall–Kier alpha value is -1.43. The van der Waals surface area contributed by atoms with Gasteiger partial charge in [0.15, 0.2) is 0 Å². The zero-order valence-electron chi connectivity index (χ0n) is 7.95. The number of halogens is 6. The zero-order chi connectivity index (χ0) is 12.8. The van der Waals surface area contributed by atoms with Gasteiger partial charge in [-0.2, -0.15) is 13.2 Å². The fourth-order valence-corrected chi connectivity index (χ4v) is 1.67. The fraction of sp³-hybridized carbons (Fsp3) is 0.100. The molecule has 7 heteroatoms. The fourth-order valence-electron chi connectivity index (χ4n) is 1.38. The Kier molecular flexibility index (Phi) is 2.69. The van der Waals surface area contributed by atoms with Crippen molar-refractivity contribution in [3.63, 3.8) is 0 Å². The molecule has 17 heavy (non-hydrogen) atoms. The monoisotopic (exact) mass is 267 g/mol. The van der Waals surface area contributed by atoms with Gasteiger partial charge in [0, 0.05) is 12.1 Å². The van der Waals surface area contributed by atoms with E-state index in [4.69, 9.17) is 11.6 Å². The van der Waals surface area contributed by atoms with Crippen molar-refractivity contribution in [3.8, 4) is 0 Å². The largest absolute Gasteiger partial charge is 0.433 e. The summed E-state index contributed by atoms with van der Waals surface area (Å²) >= 11 is 5.52. The second-order valence-corrected chi connectivity index (χ2v) is 3.68. The summed E-state index contributed by atoms with van der Waals surface area (Å²) < 4.78 is 63.3. The second-order valence-electron chi connectivity index (χ2n) is 3.27. The average molecular weight is 268 g/mol. The molecular weight excluding hydrogens is 265 g/mol. The molecule has 2 aromatic rings. The van der Waals surface area contributed by atoms with E-state index in [9.17, 15) is 22.0 Å². The molecule has 1 nitrogen and oxygen atoms in total. The zero-order valence-corrected chi connectivity index (χ0v) is 8.70. The predicted molar refractivity (Wildman–Crippen MR) is 51.7 cm³/mol. The van der Waals surface area contributed by atoms with Gasteiger partial charge >= 0.3 is 6.18 Å². The van der Waals surface area contributed by atoms with Crippen molar-refractivity contribution >= 4 is 22.5 Å². The third kappa shape index (κ3) is 2.17. The Morgan fingerprint density at radius 2 is 1.71 bits per heavy atom. The van der Waals surface area contributed by atoms with Crippen LogP contribution in [0.1, 0.15) is 5.69 Å². The van der Waals surface area contributed by atoms with Crippen LogP contribution in [-0.2, 0) is 6.18 Å². The molecule has 0 atom stereocenters. The number of rotatable bonds is 0. The molecule has 0 amide bonds. The van der Waals surface area contributed by atoms with E-state index in [-0.39, 0.29) is 5.39 Å². The van der Waals surface area contributed by atoms with Gasteiger partial charge in [-0.25, -0.2) is 13.8 Å². The molecule has 90 valence electrons. The molecule has 1 aromatic heterocycles. The molecule has 0 bridgehead atoms. The molecule has 1 aromatic carbocycles. The average Bonchev–Trinajstić information content (AvgIpc) is 2.13. The van der Waals surface area contributed by atoms with E-state index in [1.807, 2.05) is 0 Å². The van der Waals surface area contributed by atoms with Gasteiger partial charge in [0.25, 0.3) is 0 Å². The molecule has 0 radical (unpaired) electrons. The first-order chi connectivity index (χ1) is 7.79. The summed E-state index contributed by atoms with van der Waals surface area (Å²) in [5, 5.41) is -0.791. The molecule has 2 rings (SSSR count). The summed E-state index contributed by atoms with van der Waals surface area (Å²) in [4.78, 5) is 3.14. The number of fused-ring (bicyclic) bond motifs is 1. The number of nitrogens with zero attached hydrogens (tertiary/aromatic N) is 1. The normalized spacial score (nSPS) is 12.1. The number of hydrogen-bond acceptors (Lipinski definition) is 1. The van der Waals surface area contributed by atoms with Crippen LogP contribution in [0.25, 0.3) is 10.9 Å². The van der Waals surface area contributed by atoms with Crippen LogP contribution in [0.3, 0.4) is 0 Å². The van der Waals surface area contributed by atoms with Gasteiger partial charge in [0.1, 0.15) is 17.3 Å². The summed E-state index contributed by atoms with van der Waals surface area (Å²) in [6, 6.07) is 1.73. The van der Waals surface area contributed by atoms with Crippen molar-refractivity contribution in [2.24, 2.45) is 0 Å². The first kappa shape index (κ1) is 12.0. The lowest BCUT2D eigenvalue weighted by atomic mass is 10.2. The van der Waals surface area contributed by atoms with Crippen molar-refractivity contribution in [1.29, 1.82) is 0 Å². The Bertz CT molecular complexity index is 593. The summed E-state index contributed by atoms with van der Waals surface area (Å²) in [6.07, 6.45) is -4.72. The SMILES string of the molecule is Fc1cc(F)c2c(Cl)cc(C(F)(F)F)nc2c1. The van der Waals surface area contributed by atoms with Gasteiger partial charge in [-0.3, -0.25) is 0 Å². The van der Waals surface area contributed by atoms with Crippen LogP contribution in [0.15, 0.2) is 18.2 Å². The van der Waals surface area contributed by atoms with Crippen molar-refractivity contribution in [2.45, 2.75) is 6.18 Å². The van der Waals surface area contributed by atoms with Crippen LogP contribution in [0.4, 0.5) is 22.0 Å². The minimum absolute atomic E-state index is 0.332. The molecule has 0 fully saturated rings. The van der Waals surface area contributed by atoms with Gasteiger partial charge in [-0.15, -0.1) is 0 Å². The molecule has 0 spiro atoms. The van der Waals surface area contributed by atoms with E-state index in [0.29, 0.717) is 18.2 Å². The Balaban J connectivity index is 2.82. The van der Waals surface area contributed by atoms with Crippen LogP contribution in [0, 0.1) is 11.6 Å². The lowest BCUT2D eigenvalue weighted by Crippen LogP contribution is -2.08. The molecule has 0 saturated carbocycles. The summed E-state index contributed by atoms with van der Waals surface area (Å²) in [5.74, 6) is -2.07. The quantitative estimate of drug-likeness (QED) is 0.652. The highest BCUT2D eigenvalue weighted by Gasteiger charge is 2.33. The molecule has 0 aliphatic rings. The van der Waals surface area contributed by atoms with Crippen LogP contribution >= 0.6 is 11.6 Å². The Labute approximate surface area is 96.8 Å².